The molecule has 2 aromatic carbocycles. The molecule has 4 rings (SSSR count). The lowest BCUT2D eigenvalue weighted by molar-refractivity contribution is 0.102. The third kappa shape index (κ3) is 2.96. The number of rotatable bonds is 3. The number of carbonyl (C=O) groups is 1. The number of thioether (sulfide) groups is 1. The highest BCUT2D eigenvalue weighted by molar-refractivity contribution is 7.98. The molecule has 4 nitrogen and oxygen atoms in total. The molecule has 0 saturated carbocycles. The number of anilines is 1. The Morgan fingerprint density at radius 2 is 1.92 bits per heavy atom. The number of nitrogens with zero attached hydrogens (tertiary/aromatic N) is 2. The number of aromatic nitrogens is 2. The van der Waals surface area contributed by atoms with Crippen molar-refractivity contribution in [2.75, 3.05) is 5.32 Å². The molecule has 0 fully saturated rings. The Hall–Kier alpha value is -2.53. The largest absolute Gasteiger partial charge is 0.306 e. The maximum atomic E-state index is 12.7. The summed E-state index contributed by atoms with van der Waals surface area (Å²) in [4.78, 5) is 12.7. The fraction of sp³-hybridized carbons (Fsp3) is 0.200. The Labute approximate surface area is 151 Å². The third-order valence-electron chi connectivity index (χ3n) is 4.40. The molecule has 0 atom stereocenters. The second-order valence-electron chi connectivity index (χ2n) is 6.29. The number of aryl methyl sites for hydroxylation is 2. The standard InChI is InChI=1S/C20H19N3OS/c1-13-8-9-18(14(2)10-13)23-19(16-11-25-12-17(16)22-23)21-20(24)15-6-4-3-5-7-15/h3-10H,11-12H2,1-2H3,(H,21,24). The van der Waals surface area contributed by atoms with Gasteiger partial charge in [-0.1, -0.05) is 35.9 Å². The van der Waals surface area contributed by atoms with Gasteiger partial charge < -0.3 is 5.32 Å². The van der Waals surface area contributed by atoms with Crippen molar-refractivity contribution in [2.24, 2.45) is 0 Å². The van der Waals surface area contributed by atoms with Crippen LogP contribution in [0.2, 0.25) is 0 Å². The van der Waals surface area contributed by atoms with Crippen molar-refractivity contribution in [2.45, 2.75) is 25.4 Å². The van der Waals surface area contributed by atoms with E-state index in [9.17, 15) is 4.79 Å². The SMILES string of the molecule is Cc1ccc(-n2nc3c(c2NC(=O)c2ccccc2)CSC3)c(C)c1. The normalized spacial score (nSPS) is 12.9. The summed E-state index contributed by atoms with van der Waals surface area (Å²) in [6.07, 6.45) is 0. The van der Waals surface area contributed by atoms with E-state index in [1.165, 1.54) is 5.56 Å². The molecule has 2 heterocycles. The molecular formula is C20H19N3OS. The van der Waals surface area contributed by atoms with Gasteiger partial charge in [-0.15, -0.1) is 0 Å². The summed E-state index contributed by atoms with van der Waals surface area (Å²) in [7, 11) is 0. The molecule has 0 radical (unpaired) electrons. The van der Waals surface area contributed by atoms with Crippen LogP contribution in [-0.2, 0) is 11.5 Å². The van der Waals surface area contributed by atoms with Gasteiger partial charge in [0.2, 0.25) is 0 Å². The molecular weight excluding hydrogens is 330 g/mol. The van der Waals surface area contributed by atoms with Gasteiger partial charge in [0.1, 0.15) is 5.82 Å². The van der Waals surface area contributed by atoms with Gasteiger partial charge in [-0.05, 0) is 37.6 Å². The lowest BCUT2D eigenvalue weighted by atomic mass is 10.1. The second kappa shape index (κ2) is 6.41. The van der Waals surface area contributed by atoms with Gasteiger partial charge >= 0.3 is 0 Å². The van der Waals surface area contributed by atoms with E-state index in [1.807, 2.05) is 46.8 Å². The minimum absolute atomic E-state index is 0.105. The van der Waals surface area contributed by atoms with Crippen molar-refractivity contribution in [3.8, 4) is 5.69 Å². The van der Waals surface area contributed by atoms with Gasteiger partial charge in [0.05, 0.1) is 11.4 Å². The zero-order chi connectivity index (χ0) is 17.4. The van der Waals surface area contributed by atoms with Gasteiger partial charge in [-0.25, -0.2) is 4.68 Å². The first-order valence-corrected chi connectivity index (χ1v) is 9.41. The predicted octanol–water partition coefficient (Wildman–Crippen LogP) is 4.49. The number of amides is 1. The van der Waals surface area contributed by atoms with Gasteiger partial charge in [0.25, 0.3) is 5.91 Å². The van der Waals surface area contributed by atoms with Crippen LogP contribution in [0.3, 0.4) is 0 Å². The lowest BCUT2D eigenvalue weighted by Gasteiger charge is -2.13. The minimum Gasteiger partial charge on any atom is -0.306 e. The van der Waals surface area contributed by atoms with E-state index in [0.29, 0.717) is 5.56 Å². The highest BCUT2D eigenvalue weighted by Crippen LogP contribution is 2.36. The number of hydrogen-bond donors (Lipinski definition) is 1. The van der Waals surface area contributed by atoms with Crippen LogP contribution in [0.4, 0.5) is 5.82 Å². The second-order valence-corrected chi connectivity index (χ2v) is 7.27. The molecule has 1 N–H and O–H groups in total. The molecule has 0 unspecified atom stereocenters. The van der Waals surface area contributed by atoms with Gasteiger partial charge in [0.15, 0.2) is 0 Å². The molecule has 25 heavy (non-hydrogen) atoms. The molecule has 0 aliphatic carbocycles. The number of carbonyl (C=O) groups excluding carboxylic acids is 1. The highest BCUT2D eigenvalue weighted by Gasteiger charge is 2.25. The number of nitrogens with one attached hydrogen (secondary N) is 1. The molecule has 1 amide bonds. The first-order valence-electron chi connectivity index (χ1n) is 8.26. The summed E-state index contributed by atoms with van der Waals surface area (Å²) in [6.45, 7) is 4.15. The molecule has 1 aliphatic rings. The van der Waals surface area contributed by atoms with E-state index in [0.717, 1.165) is 39.8 Å². The van der Waals surface area contributed by atoms with E-state index in [4.69, 9.17) is 5.10 Å². The van der Waals surface area contributed by atoms with Crippen molar-refractivity contribution in [1.82, 2.24) is 9.78 Å². The zero-order valence-corrected chi connectivity index (χ0v) is 15.1. The van der Waals surface area contributed by atoms with Gasteiger partial charge in [-0.2, -0.15) is 16.9 Å². The topological polar surface area (TPSA) is 46.9 Å². The van der Waals surface area contributed by atoms with Crippen molar-refractivity contribution in [3.05, 3.63) is 76.5 Å². The fourth-order valence-corrected chi connectivity index (χ4v) is 4.16. The maximum Gasteiger partial charge on any atom is 0.256 e. The first kappa shape index (κ1) is 16.0. The van der Waals surface area contributed by atoms with Crippen LogP contribution < -0.4 is 5.32 Å². The van der Waals surface area contributed by atoms with Crippen molar-refractivity contribution in [3.63, 3.8) is 0 Å². The molecule has 3 aromatic rings. The van der Waals surface area contributed by atoms with E-state index in [1.54, 1.807) is 0 Å². The summed E-state index contributed by atoms with van der Waals surface area (Å²) in [5, 5.41) is 7.88. The molecule has 126 valence electrons. The van der Waals surface area contributed by atoms with Crippen LogP contribution in [0.25, 0.3) is 5.69 Å². The Kier molecular flexibility index (Phi) is 4.09. The third-order valence-corrected chi connectivity index (χ3v) is 5.37. The van der Waals surface area contributed by atoms with E-state index < -0.39 is 0 Å². The molecule has 0 saturated heterocycles. The first-order chi connectivity index (χ1) is 12.1. The quantitative estimate of drug-likeness (QED) is 0.758. The number of benzene rings is 2. The Morgan fingerprint density at radius 1 is 1.12 bits per heavy atom. The average molecular weight is 349 g/mol. The lowest BCUT2D eigenvalue weighted by Crippen LogP contribution is -2.16. The fourth-order valence-electron chi connectivity index (χ4n) is 3.13. The van der Waals surface area contributed by atoms with E-state index >= 15 is 0 Å². The number of hydrogen-bond acceptors (Lipinski definition) is 3. The summed E-state index contributed by atoms with van der Waals surface area (Å²) in [6, 6.07) is 15.6. The molecule has 1 aromatic heterocycles. The smallest absolute Gasteiger partial charge is 0.256 e. The van der Waals surface area contributed by atoms with E-state index in [-0.39, 0.29) is 5.91 Å². The van der Waals surface area contributed by atoms with Crippen molar-refractivity contribution >= 4 is 23.5 Å². The summed E-state index contributed by atoms with van der Waals surface area (Å²) in [5.41, 5.74) is 6.21. The van der Waals surface area contributed by atoms with E-state index in [2.05, 4.69) is 37.4 Å². The van der Waals surface area contributed by atoms with Crippen LogP contribution in [-0.4, -0.2) is 15.7 Å². The van der Waals surface area contributed by atoms with Gasteiger partial charge in [-0.3, -0.25) is 4.79 Å². The van der Waals surface area contributed by atoms with Crippen LogP contribution in [0.15, 0.2) is 48.5 Å². The monoisotopic (exact) mass is 349 g/mol. The molecule has 5 heteroatoms. The Bertz CT molecular complexity index is 947. The summed E-state index contributed by atoms with van der Waals surface area (Å²) in [5.74, 6) is 2.46. The number of fused-ring (bicyclic) bond motifs is 1. The maximum absolute atomic E-state index is 12.7. The van der Waals surface area contributed by atoms with Crippen molar-refractivity contribution < 1.29 is 4.79 Å². The van der Waals surface area contributed by atoms with Gasteiger partial charge in [0, 0.05) is 22.6 Å². The Morgan fingerprint density at radius 3 is 2.68 bits per heavy atom. The van der Waals surface area contributed by atoms with Crippen LogP contribution in [0, 0.1) is 13.8 Å². The van der Waals surface area contributed by atoms with Crippen LogP contribution >= 0.6 is 11.8 Å². The predicted molar refractivity (Wildman–Crippen MR) is 102 cm³/mol. The minimum atomic E-state index is -0.105. The molecule has 0 spiro atoms. The summed E-state index contributed by atoms with van der Waals surface area (Å²) >= 11 is 1.83. The van der Waals surface area contributed by atoms with Crippen LogP contribution in [0.5, 0.6) is 0 Å². The molecule has 0 bridgehead atoms. The average Bonchev–Trinajstić information content (AvgIpc) is 3.18. The molecule has 1 aliphatic heterocycles. The van der Waals surface area contributed by atoms with Crippen molar-refractivity contribution in [1.29, 1.82) is 0 Å². The van der Waals surface area contributed by atoms with Crippen LogP contribution in [0.1, 0.15) is 32.7 Å². The highest BCUT2D eigenvalue weighted by atomic mass is 32.2. The summed E-state index contributed by atoms with van der Waals surface area (Å²) < 4.78 is 1.89. The zero-order valence-electron chi connectivity index (χ0n) is 14.2. The Balaban J connectivity index is 1.77.